The van der Waals surface area contributed by atoms with Gasteiger partial charge in [0.2, 0.25) is 0 Å². The summed E-state index contributed by atoms with van der Waals surface area (Å²) in [6.07, 6.45) is -0.483. The number of hydrogen-bond acceptors (Lipinski definition) is 4. The van der Waals surface area contributed by atoms with Crippen molar-refractivity contribution in [1.82, 2.24) is 5.32 Å². The van der Waals surface area contributed by atoms with Crippen LogP contribution < -0.4 is 10.1 Å². The largest absolute Gasteiger partial charge is 0.491 e. The summed E-state index contributed by atoms with van der Waals surface area (Å²) in [4.78, 5) is 0. The third-order valence-corrected chi connectivity index (χ3v) is 2.81. The van der Waals surface area contributed by atoms with Crippen molar-refractivity contribution in [2.24, 2.45) is 0 Å². The molecule has 21 heavy (non-hydrogen) atoms. The van der Waals surface area contributed by atoms with Crippen LogP contribution in [0.2, 0.25) is 0 Å². The van der Waals surface area contributed by atoms with Gasteiger partial charge in [0.15, 0.2) is 0 Å². The summed E-state index contributed by atoms with van der Waals surface area (Å²) in [5.74, 6) is 0.762. The second-order valence-electron chi connectivity index (χ2n) is 6.59. The zero-order chi connectivity index (χ0) is 15.9. The third-order valence-electron chi connectivity index (χ3n) is 2.81. The fourth-order valence-corrected chi connectivity index (χ4v) is 1.61. The Labute approximate surface area is 128 Å². The van der Waals surface area contributed by atoms with Gasteiger partial charge in [-0.3, -0.25) is 0 Å². The van der Waals surface area contributed by atoms with E-state index in [2.05, 4.69) is 26.1 Å². The molecule has 1 atom stereocenters. The average molecular weight is 295 g/mol. The van der Waals surface area contributed by atoms with Crippen molar-refractivity contribution in [3.05, 3.63) is 29.8 Å². The lowest BCUT2D eigenvalue weighted by Crippen LogP contribution is -2.35. The predicted octanol–water partition coefficient (Wildman–Crippen LogP) is 2.74. The van der Waals surface area contributed by atoms with Crippen LogP contribution in [0, 0.1) is 0 Å². The van der Waals surface area contributed by atoms with Gasteiger partial charge in [-0.05, 0) is 52.3 Å². The zero-order valence-corrected chi connectivity index (χ0v) is 13.8. The van der Waals surface area contributed by atoms with E-state index in [1.54, 1.807) is 0 Å². The molecule has 0 aliphatic rings. The van der Waals surface area contributed by atoms with E-state index in [0.29, 0.717) is 6.61 Å². The molecule has 0 spiro atoms. The van der Waals surface area contributed by atoms with E-state index in [1.807, 2.05) is 38.1 Å². The lowest BCUT2D eigenvalue weighted by Gasteiger charge is -2.20. The maximum absolute atomic E-state index is 9.73. The Morgan fingerprint density at radius 1 is 1.10 bits per heavy atom. The molecule has 0 bridgehead atoms. The highest BCUT2D eigenvalue weighted by molar-refractivity contribution is 5.27. The van der Waals surface area contributed by atoms with Gasteiger partial charge in [-0.25, -0.2) is 0 Å². The molecule has 2 N–H and O–H groups in total. The molecule has 1 rings (SSSR count). The Morgan fingerprint density at radius 2 is 1.71 bits per heavy atom. The van der Waals surface area contributed by atoms with E-state index in [9.17, 15) is 5.11 Å². The molecule has 0 fully saturated rings. The van der Waals surface area contributed by atoms with Crippen molar-refractivity contribution in [2.75, 3.05) is 13.2 Å². The molecule has 1 unspecified atom stereocenters. The van der Waals surface area contributed by atoms with E-state index in [4.69, 9.17) is 9.47 Å². The molecule has 0 heterocycles. The number of ether oxygens (including phenoxy) is 2. The molecule has 0 aliphatic heterocycles. The van der Waals surface area contributed by atoms with Crippen LogP contribution in [0.5, 0.6) is 5.75 Å². The summed E-state index contributed by atoms with van der Waals surface area (Å²) in [5, 5.41) is 13.2. The van der Waals surface area contributed by atoms with Crippen molar-refractivity contribution >= 4 is 0 Å². The smallest absolute Gasteiger partial charge is 0.119 e. The first kappa shape index (κ1) is 18.0. The number of aliphatic hydroxyl groups is 1. The minimum atomic E-state index is -0.602. The molecule has 0 aliphatic carbocycles. The Hall–Kier alpha value is -1.10. The molecule has 1 aromatic rings. The summed E-state index contributed by atoms with van der Waals surface area (Å²) < 4.78 is 10.9. The lowest BCUT2D eigenvalue weighted by molar-refractivity contribution is -0.0122. The SMILES string of the molecule is CC(C)OCC(O)COc1ccc(CNC(C)(C)C)cc1. The van der Waals surface area contributed by atoms with Crippen LogP contribution in [0.3, 0.4) is 0 Å². The highest BCUT2D eigenvalue weighted by Gasteiger charge is 2.09. The molecule has 0 radical (unpaired) electrons. The Morgan fingerprint density at radius 3 is 2.24 bits per heavy atom. The van der Waals surface area contributed by atoms with Crippen LogP contribution in [0.15, 0.2) is 24.3 Å². The first-order valence-corrected chi connectivity index (χ1v) is 7.53. The summed E-state index contributed by atoms with van der Waals surface area (Å²) in [6.45, 7) is 11.7. The highest BCUT2D eigenvalue weighted by atomic mass is 16.5. The third kappa shape index (κ3) is 8.71. The molecule has 120 valence electrons. The molecule has 0 amide bonds. The summed E-state index contributed by atoms with van der Waals surface area (Å²) in [5.41, 5.74) is 1.32. The Balaban J connectivity index is 2.34. The van der Waals surface area contributed by atoms with Gasteiger partial charge in [0, 0.05) is 12.1 Å². The van der Waals surface area contributed by atoms with Gasteiger partial charge in [0.25, 0.3) is 0 Å². The van der Waals surface area contributed by atoms with Gasteiger partial charge in [-0.2, -0.15) is 0 Å². The van der Waals surface area contributed by atoms with Crippen LogP contribution in [0.1, 0.15) is 40.2 Å². The first-order chi connectivity index (χ1) is 9.76. The van der Waals surface area contributed by atoms with Gasteiger partial charge in [-0.15, -0.1) is 0 Å². The Kier molecular flexibility index (Phi) is 7.15. The van der Waals surface area contributed by atoms with Crippen LogP contribution >= 0.6 is 0 Å². The van der Waals surface area contributed by atoms with Crippen LogP contribution in [0.25, 0.3) is 0 Å². The maximum Gasteiger partial charge on any atom is 0.119 e. The van der Waals surface area contributed by atoms with E-state index in [0.717, 1.165) is 12.3 Å². The van der Waals surface area contributed by atoms with Crippen LogP contribution in [-0.4, -0.2) is 36.1 Å². The van der Waals surface area contributed by atoms with Crippen molar-refractivity contribution in [3.63, 3.8) is 0 Å². The van der Waals surface area contributed by atoms with Crippen LogP contribution in [0.4, 0.5) is 0 Å². The zero-order valence-electron chi connectivity index (χ0n) is 13.8. The van der Waals surface area contributed by atoms with Crippen molar-refractivity contribution in [3.8, 4) is 5.75 Å². The quantitative estimate of drug-likeness (QED) is 0.774. The van der Waals surface area contributed by atoms with Gasteiger partial charge in [0.1, 0.15) is 18.5 Å². The molecule has 0 aromatic heterocycles. The topological polar surface area (TPSA) is 50.7 Å². The lowest BCUT2D eigenvalue weighted by atomic mass is 10.1. The fraction of sp³-hybridized carbons (Fsp3) is 0.647. The number of benzene rings is 1. The number of rotatable bonds is 8. The van der Waals surface area contributed by atoms with Gasteiger partial charge >= 0.3 is 0 Å². The maximum atomic E-state index is 9.73. The fourth-order valence-electron chi connectivity index (χ4n) is 1.61. The molecule has 1 aromatic carbocycles. The monoisotopic (exact) mass is 295 g/mol. The second-order valence-corrected chi connectivity index (χ2v) is 6.59. The number of hydrogen-bond donors (Lipinski definition) is 2. The molecular weight excluding hydrogens is 266 g/mol. The van der Waals surface area contributed by atoms with Crippen molar-refractivity contribution in [2.45, 2.75) is 58.9 Å². The van der Waals surface area contributed by atoms with E-state index in [1.165, 1.54) is 5.56 Å². The summed E-state index contributed by atoms with van der Waals surface area (Å²) in [6, 6.07) is 7.92. The first-order valence-electron chi connectivity index (χ1n) is 7.53. The molecule has 4 heteroatoms. The van der Waals surface area contributed by atoms with Gasteiger partial charge < -0.3 is 19.9 Å². The highest BCUT2D eigenvalue weighted by Crippen LogP contribution is 2.13. The van der Waals surface area contributed by atoms with E-state index >= 15 is 0 Å². The van der Waals surface area contributed by atoms with E-state index in [-0.39, 0.29) is 18.2 Å². The second kappa shape index (κ2) is 8.37. The van der Waals surface area contributed by atoms with E-state index < -0.39 is 6.10 Å². The molecule has 0 saturated carbocycles. The molecule has 0 saturated heterocycles. The van der Waals surface area contributed by atoms with Crippen molar-refractivity contribution < 1.29 is 14.6 Å². The number of nitrogens with one attached hydrogen (secondary N) is 1. The molecule has 4 nitrogen and oxygen atoms in total. The van der Waals surface area contributed by atoms with Crippen LogP contribution in [-0.2, 0) is 11.3 Å². The predicted molar refractivity (Wildman–Crippen MR) is 85.6 cm³/mol. The normalized spacial score (nSPS) is 13.5. The minimum absolute atomic E-state index is 0.107. The number of aliphatic hydroxyl groups excluding tert-OH is 1. The Bertz CT molecular complexity index is 395. The van der Waals surface area contributed by atoms with Gasteiger partial charge in [-0.1, -0.05) is 12.1 Å². The standard InChI is InChI=1S/C17H29NO3/c1-13(2)20-11-15(19)12-21-16-8-6-14(7-9-16)10-18-17(3,4)5/h6-9,13,15,18-19H,10-12H2,1-5H3. The molecular formula is C17H29NO3. The average Bonchev–Trinajstić information content (AvgIpc) is 2.41. The summed E-state index contributed by atoms with van der Waals surface area (Å²) in [7, 11) is 0. The summed E-state index contributed by atoms with van der Waals surface area (Å²) >= 11 is 0. The minimum Gasteiger partial charge on any atom is -0.491 e. The van der Waals surface area contributed by atoms with Crippen molar-refractivity contribution in [1.29, 1.82) is 0 Å². The van der Waals surface area contributed by atoms with Gasteiger partial charge in [0.05, 0.1) is 12.7 Å².